The minimum atomic E-state index is -8.07. The summed E-state index contributed by atoms with van der Waals surface area (Å²) in [5, 5.41) is 9.45. The fraction of sp³-hybridized carbons (Fsp3) is 0.611. The summed E-state index contributed by atoms with van der Waals surface area (Å²) in [5.74, 6) is -38.9. The third kappa shape index (κ3) is 5.38. The first kappa shape index (κ1) is 30.6. The van der Waals surface area contributed by atoms with Crippen molar-refractivity contribution in [3.63, 3.8) is 0 Å². The van der Waals surface area contributed by atoms with E-state index in [4.69, 9.17) is 4.74 Å². The molecule has 1 atom stereocenters. The SMILES string of the molecule is CC(C)(C)OC(=O)Oc1ccc(C(O)C(F)(F)C(F)(F)C(F)(F)C(F)(F)C(F)(F)C(F)(F)F)cc1. The van der Waals surface area contributed by atoms with Crippen molar-refractivity contribution in [3.05, 3.63) is 29.8 Å². The van der Waals surface area contributed by atoms with Gasteiger partial charge in [-0.15, -0.1) is 0 Å². The monoisotopic (exact) mass is 542 g/mol. The molecule has 0 bridgehead atoms. The van der Waals surface area contributed by atoms with Crippen LogP contribution in [0.15, 0.2) is 24.3 Å². The van der Waals surface area contributed by atoms with Crippen molar-refractivity contribution in [2.45, 2.75) is 68.3 Å². The van der Waals surface area contributed by atoms with Crippen LogP contribution in [0.5, 0.6) is 5.75 Å². The van der Waals surface area contributed by atoms with Gasteiger partial charge in [0.15, 0.2) is 0 Å². The summed E-state index contributed by atoms with van der Waals surface area (Å²) in [4.78, 5) is 11.5. The molecule has 0 spiro atoms. The smallest absolute Gasteiger partial charge is 0.428 e. The number of aliphatic hydroxyl groups excluding tert-OH is 1. The zero-order valence-electron chi connectivity index (χ0n) is 17.5. The molecule has 1 N–H and O–H groups in total. The van der Waals surface area contributed by atoms with Crippen LogP contribution in [0.3, 0.4) is 0 Å². The van der Waals surface area contributed by atoms with Crippen molar-refractivity contribution in [2.75, 3.05) is 0 Å². The van der Waals surface area contributed by atoms with Gasteiger partial charge in [0.05, 0.1) is 0 Å². The van der Waals surface area contributed by atoms with E-state index in [0.29, 0.717) is 12.1 Å². The predicted octanol–water partition coefficient (Wildman–Crippen LogP) is 6.77. The van der Waals surface area contributed by atoms with Crippen LogP contribution in [-0.2, 0) is 4.74 Å². The average Bonchev–Trinajstić information content (AvgIpc) is 2.64. The molecule has 17 heteroatoms. The number of benzene rings is 1. The largest absolute Gasteiger partial charge is 0.514 e. The van der Waals surface area contributed by atoms with E-state index >= 15 is 0 Å². The van der Waals surface area contributed by atoms with Crippen LogP contribution in [0.2, 0.25) is 0 Å². The Bertz CT molecular complexity index is 902. The number of hydrogen-bond acceptors (Lipinski definition) is 4. The molecule has 0 heterocycles. The third-order valence-electron chi connectivity index (χ3n) is 4.09. The first-order valence-electron chi connectivity index (χ1n) is 8.88. The van der Waals surface area contributed by atoms with E-state index in [1.54, 1.807) is 0 Å². The lowest BCUT2D eigenvalue weighted by Gasteiger charge is -2.40. The van der Waals surface area contributed by atoms with Crippen molar-refractivity contribution in [1.29, 1.82) is 0 Å². The van der Waals surface area contributed by atoms with Crippen LogP contribution in [0.1, 0.15) is 32.4 Å². The molecule has 1 aromatic carbocycles. The molecular weight excluding hydrogens is 527 g/mol. The molecule has 0 fully saturated rings. The van der Waals surface area contributed by atoms with Crippen LogP contribution in [0, 0.1) is 0 Å². The van der Waals surface area contributed by atoms with E-state index in [2.05, 4.69) is 4.74 Å². The van der Waals surface area contributed by atoms with Gasteiger partial charge >= 0.3 is 41.9 Å². The molecule has 0 aliphatic heterocycles. The average molecular weight is 542 g/mol. The number of alkyl halides is 13. The van der Waals surface area contributed by atoms with Gasteiger partial charge in [0, 0.05) is 0 Å². The second kappa shape index (κ2) is 8.89. The van der Waals surface area contributed by atoms with E-state index in [1.807, 2.05) is 0 Å². The predicted molar refractivity (Wildman–Crippen MR) is 89.1 cm³/mol. The highest BCUT2D eigenvalue weighted by atomic mass is 19.4. The van der Waals surface area contributed by atoms with Gasteiger partial charge in [-0.2, -0.15) is 57.1 Å². The van der Waals surface area contributed by atoms with Crippen molar-refractivity contribution >= 4 is 6.16 Å². The molecule has 0 aromatic heterocycles. The molecule has 0 amide bonds. The van der Waals surface area contributed by atoms with Crippen molar-refractivity contribution in [2.24, 2.45) is 0 Å². The lowest BCUT2D eigenvalue weighted by molar-refractivity contribution is -0.444. The first-order chi connectivity index (χ1) is 15.2. The fourth-order valence-electron chi connectivity index (χ4n) is 2.25. The molecule has 0 aliphatic carbocycles. The Morgan fingerprint density at radius 2 is 1.11 bits per heavy atom. The van der Waals surface area contributed by atoms with E-state index < -0.39 is 65.0 Å². The number of rotatable bonds is 7. The van der Waals surface area contributed by atoms with Crippen molar-refractivity contribution in [1.82, 2.24) is 0 Å². The van der Waals surface area contributed by atoms with Crippen LogP contribution in [0.4, 0.5) is 61.9 Å². The third-order valence-corrected chi connectivity index (χ3v) is 4.09. The number of halogens is 13. The Kier molecular flexibility index (Phi) is 7.76. The summed E-state index contributed by atoms with van der Waals surface area (Å²) < 4.78 is 181. The van der Waals surface area contributed by atoms with Gasteiger partial charge in [-0.1, -0.05) is 12.1 Å². The number of ether oxygens (including phenoxy) is 2. The Balaban J connectivity index is 3.30. The van der Waals surface area contributed by atoms with Gasteiger partial charge in [0.2, 0.25) is 0 Å². The number of hydrogen-bond donors (Lipinski definition) is 1. The van der Waals surface area contributed by atoms with Gasteiger partial charge in [-0.25, -0.2) is 4.79 Å². The Hall–Kier alpha value is -2.46. The number of aliphatic hydroxyl groups is 1. The number of carbonyl (C=O) groups excluding carboxylic acids is 1. The van der Waals surface area contributed by atoms with Gasteiger partial charge in [-0.3, -0.25) is 0 Å². The summed E-state index contributed by atoms with van der Waals surface area (Å²) in [6.07, 6.45) is -13.0. The normalized spacial score (nSPS) is 15.6. The van der Waals surface area contributed by atoms with Gasteiger partial charge in [-0.05, 0) is 38.5 Å². The van der Waals surface area contributed by atoms with E-state index in [-0.39, 0.29) is 12.1 Å². The molecule has 1 aromatic rings. The van der Waals surface area contributed by atoms with E-state index in [9.17, 15) is 67.0 Å². The summed E-state index contributed by atoms with van der Waals surface area (Å²) in [6.45, 7) is 4.25. The fourth-order valence-corrected chi connectivity index (χ4v) is 2.25. The lowest BCUT2D eigenvalue weighted by atomic mass is 9.89. The quantitative estimate of drug-likeness (QED) is 0.235. The van der Waals surface area contributed by atoms with E-state index in [1.165, 1.54) is 20.8 Å². The second-order valence-electron chi connectivity index (χ2n) is 7.96. The van der Waals surface area contributed by atoms with Gasteiger partial charge in [0.1, 0.15) is 17.5 Å². The maximum absolute atomic E-state index is 14.0. The lowest BCUT2D eigenvalue weighted by Crippen LogP contribution is -2.70. The highest BCUT2D eigenvalue weighted by molar-refractivity contribution is 5.64. The Morgan fingerprint density at radius 3 is 1.49 bits per heavy atom. The van der Waals surface area contributed by atoms with Crippen LogP contribution >= 0.6 is 0 Å². The Morgan fingerprint density at radius 1 is 0.714 bits per heavy atom. The van der Waals surface area contributed by atoms with E-state index in [0.717, 1.165) is 0 Å². The maximum Gasteiger partial charge on any atom is 0.514 e. The topological polar surface area (TPSA) is 55.8 Å². The zero-order chi connectivity index (χ0) is 28.1. The van der Waals surface area contributed by atoms with Crippen LogP contribution in [-0.4, -0.2) is 52.7 Å². The molecule has 202 valence electrons. The van der Waals surface area contributed by atoms with Crippen molar-refractivity contribution in [3.8, 4) is 5.75 Å². The molecular formula is C18H15F13O4. The molecule has 1 rings (SSSR count). The second-order valence-corrected chi connectivity index (χ2v) is 7.96. The zero-order valence-corrected chi connectivity index (χ0v) is 17.5. The summed E-state index contributed by atoms with van der Waals surface area (Å²) in [5.41, 5.74) is -2.48. The van der Waals surface area contributed by atoms with Crippen LogP contribution < -0.4 is 4.74 Å². The Labute approximate surface area is 187 Å². The highest BCUT2D eigenvalue weighted by Crippen LogP contribution is 2.61. The molecule has 0 radical (unpaired) electrons. The molecule has 0 aliphatic rings. The van der Waals surface area contributed by atoms with Gasteiger partial charge < -0.3 is 14.6 Å². The van der Waals surface area contributed by atoms with Crippen LogP contribution in [0.25, 0.3) is 0 Å². The molecule has 35 heavy (non-hydrogen) atoms. The standard InChI is InChI=1S/C18H15F13O4/c1-12(2,3)35-11(33)34-9-6-4-8(5-7-9)10(32)13(19,20)14(21,22)15(23,24)16(25,26)17(27,28)18(29,30)31/h4-7,10,32H,1-3H3. The summed E-state index contributed by atoms with van der Waals surface area (Å²) in [7, 11) is 0. The highest BCUT2D eigenvalue weighted by Gasteiger charge is 2.91. The molecule has 0 saturated heterocycles. The molecule has 0 saturated carbocycles. The summed E-state index contributed by atoms with van der Waals surface area (Å²) in [6, 6.07) is 1.58. The van der Waals surface area contributed by atoms with Crippen molar-refractivity contribution < 1.29 is 76.5 Å². The summed E-state index contributed by atoms with van der Waals surface area (Å²) >= 11 is 0. The van der Waals surface area contributed by atoms with Gasteiger partial charge in [0.25, 0.3) is 0 Å². The molecule has 1 unspecified atom stereocenters. The molecule has 4 nitrogen and oxygen atoms in total. The first-order valence-corrected chi connectivity index (χ1v) is 8.88. The minimum Gasteiger partial charge on any atom is -0.428 e. The minimum absolute atomic E-state index is 0.259. The maximum atomic E-state index is 14.0. The number of carbonyl (C=O) groups is 1.